The van der Waals surface area contributed by atoms with E-state index >= 15 is 0 Å². The van der Waals surface area contributed by atoms with Crippen LogP contribution >= 0.6 is 0 Å². The first-order valence-corrected chi connectivity index (χ1v) is 6.63. The van der Waals surface area contributed by atoms with E-state index in [1.807, 2.05) is 12.1 Å². The van der Waals surface area contributed by atoms with Crippen molar-refractivity contribution in [2.24, 2.45) is 5.73 Å². The quantitative estimate of drug-likeness (QED) is 0.883. The Balaban J connectivity index is 2.15. The molecule has 0 radical (unpaired) electrons. The number of anilines is 1. The fourth-order valence-corrected chi connectivity index (χ4v) is 2.72. The normalized spacial score (nSPS) is 23.4. The van der Waals surface area contributed by atoms with Gasteiger partial charge in [0.15, 0.2) is 0 Å². The standard InChI is InChI=1S/C14H20N4/c1-2-18(13-5-3-11(16)4-6-13)14-7-8-17-12(9-14)10-15/h7-9,11,13H,2-6,16H2,1H3. The van der Waals surface area contributed by atoms with Gasteiger partial charge in [-0.1, -0.05) is 0 Å². The van der Waals surface area contributed by atoms with Gasteiger partial charge in [0.1, 0.15) is 11.8 Å². The number of hydrogen-bond donors (Lipinski definition) is 1. The van der Waals surface area contributed by atoms with Crippen molar-refractivity contribution in [3.05, 3.63) is 24.0 Å². The van der Waals surface area contributed by atoms with Crippen LogP contribution in [0, 0.1) is 11.3 Å². The summed E-state index contributed by atoms with van der Waals surface area (Å²) in [6.07, 6.45) is 6.18. The smallest absolute Gasteiger partial charge is 0.142 e. The van der Waals surface area contributed by atoms with E-state index in [1.165, 1.54) is 0 Å². The lowest BCUT2D eigenvalue weighted by molar-refractivity contribution is 0.378. The molecule has 4 heteroatoms. The summed E-state index contributed by atoms with van der Waals surface area (Å²) < 4.78 is 0. The third-order valence-corrected chi connectivity index (χ3v) is 3.71. The summed E-state index contributed by atoms with van der Waals surface area (Å²) in [5.41, 5.74) is 7.54. The minimum atomic E-state index is 0.368. The zero-order valence-electron chi connectivity index (χ0n) is 10.8. The zero-order valence-corrected chi connectivity index (χ0v) is 10.8. The molecule has 2 rings (SSSR count). The van der Waals surface area contributed by atoms with E-state index in [1.54, 1.807) is 6.20 Å². The van der Waals surface area contributed by atoms with Crippen molar-refractivity contribution in [1.29, 1.82) is 5.26 Å². The molecule has 2 N–H and O–H groups in total. The topological polar surface area (TPSA) is 65.9 Å². The molecule has 1 aromatic rings. The van der Waals surface area contributed by atoms with E-state index in [-0.39, 0.29) is 0 Å². The van der Waals surface area contributed by atoms with Crippen LogP contribution in [0.5, 0.6) is 0 Å². The van der Waals surface area contributed by atoms with E-state index in [9.17, 15) is 0 Å². The van der Waals surface area contributed by atoms with Crippen LogP contribution in [0.4, 0.5) is 5.69 Å². The predicted octanol–water partition coefficient (Wildman–Crippen LogP) is 2.05. The molecule has 0 atom stereocenters. The van der Waals surface area contributed by atoms with Crippen molar-refractivity contribution in [3.63, 3.8) is 0 Å². The third kappa shape index (κ3) is 2.80. The van der Waals surface area contributed by atoms with Crippen LogP contribution < -0.4 is 10.6 Å². The molecular formula is C14H20N4. The fraction of sp³-hybridized carbons (Fsp3) is 0.571. The molecule has 1 aliphatic carbocycles. The number of rotatable bonds is 3. The highest BCUT2D eigenvalue weighted by atomic mass is 15.2. The molecule has 1 aromatic heterocycles. The zero-order chi connectivity index (χ0) is 13.0. The van der Waals surface area contributed by atoms with Crippen molar-refractivity contribution in [2.45, 2.75) is 44.7 Å². The van der Waals surface area contributed by atoms with Gasteiger partial charge in [-0.3, -0.25) is 0 Å². The summed E-state index contributed by atoms with van der Waals surface area (Å²) in [7, 11) is 0. The monoisotopic (exact) mass is 244 g/mol. The summed E-state index contributed by atoms with van der Waals surface area (Å²) >= 11 is 0. The SMILES string of the molecule is CCN(c1ccnc(C#N)c1)C1CCC(N)CC1. The van der Waals surface area contributed by atoms with E-state index in [2.05, 4.69) is 22.9 Å². The van der Waals surface area contributed by atoms with Crippen LogP contribution in [0.15, 0.2) is 18.3 Å². The van der Waals surface area contributed by atoms with Crippen molar-refractivity contribution in [1.82, 2.24) is 4.98 Å². The highest BCUT2D eigenvalue weighted by molar-refractivity contribution is 5.49. The molecule has 0 saturated heterocycles. The predicted molar refractivity (Wildman–Crippen MR) is 72.2 cm³/mol. The molecule has 0 bridgehead atoms. The molecule has 0 spiro atoms. The molecule has 1 aliphatic rings. The van der Waals surface area contributed by atoms with Gasteiger partial charge in [0.2, 0.25) is 0 Å². The Morgan fingerprint density at radius 1 is 1.44 bits per heavy atom. The molecule has 18 heavy (non-hydrogen) atoms. The molecule has 1 saturated carbocycles. The number of pyridine rings is 1. The molecule has 96 valence electrons. The maximum absolute atomic E-state index is 8.91. The van der Waals surface area contributed by atoms with Crippen LogP contribution in [0.2, 0.25) is 0 Å². The van der Waals surface area contributed by atoms with Gasteiger partial charge < -0.3 is 10.6 Å². The number of nitrogens with zero attached hydrogens (tertiary/aromatic N) is 3. The molecule has 0 aliphatic heterocycles. The fourth-order valence-electron chi connectivity index (χ4n) is 2.72. The van der Waals surface area contributed by atoms with Crippen molar-refractivity contribution in [3.8, 4) is 6.07 Å². The Hall–Kier alpha value is -1.60. The number of nitriles is 1. The Bertz CT molecular complexity index is 430. The van der Waals surface area contributed by atoms with E-state index in [0.717, 1.165) is 37.9 Å². The maximum atomic E-state index is 8.91. The van der Waals surface area contributed by atoms with Gasteiger partial charge >= 0.3 is 0 Å². The second-order valence-corrected chi connectivity index (χ2v) is 4.87. The summed E-state index contributed by atoms with van der Waals surface area (Å²) in [5.74, 6) is 0. The lowest BCUT2D eigenvalue weighted by Gasteiger charge is -2.37. The third-order valence-electron chi connectivity index (χ3n) is 3.71. The average Bonchev–Trinajstić information content (AvgIpc) is 2.42. The van der Waals surface area contributed by atoms with Crippen LogP contribution in [0.25, 0.3) is 0 Å². The minimum Gasteiger partial charge on any atom is -0.369 e. The van der Waals surface area contributed by atoms with Crippen molar-refractivity contribution in [2.75, 3.05) is 11.4 Å². The Morgan fingerprint density at radius 2 is 2.17 bits per heavy atom. The summed E-state index contributed by atoms with van der Waals surface area (Å²) in [6, 6.07) is 6.87. The van der Waals surface area contributed by atoms with E-state index in [4.69, 9.17) is 11.0 Å². The van der Waals surface area contributed by atoms with E-state index < -0.39 is 0 Å². The molecule has 1 heterocycles. The molecule has 0 amide bonds. The number of nitrogens with two attached hydrogens (primary N) is 1. The van der Waals surface area contributed by atoms with Crippen molar-refractivity contribution < 1.29 is 0 Å². The van der Waals surface area contributed by atoms with Gasteiger partial charge in [-0.25, -0.2) is 4.98 Å². The second-order valence-electron chi connectivity index (χ2n) is 4.87. The minimum absolute atomic E-state index is 0.368. The number of aromatic nitrogens is 1. The van der Waals surface area contributed by atoms with Crippen molar-refractivity contribution >= 4 is 5.69 Å². The first-order valence-electron chi connectivity index (χ1n) is 6.63. The van der Waals surface area contributed by atoms with E-state index in [0.29, 0.717) is 17.8 Å². The lowest BCUT2D eigenvalue weighted by Crippen LogP contribution is -2.41. The van der Waals surface area contributed by atoms with Gasteiger partial charge in [-0.2, -0.15) is 5.26 Å². The Kier molecular flexibility index (Phi) is 4.16. The highest BCUT2D eigenvalue weighted by Gasteiger charge is 2.23. The highest BCUT2D eigenvalue weighted by Crippen LogP contribution is 2.26. The van der Waals surface area contributed by atoms with Gasteiger partial charge in [0, 0.05) is 30.5 Å². The maximum Gasteiger partial charge on any atom is 0.142 e. The van der Waals surface area contributed by atoms with Crippen LogP contribution in [0.3, 0.4) is 0 Å². The Labute approximate surface area is 108 Å². The summed E-state index contributed by atoms with van der Waals surface area (Å²) in [4.78, 5) is 6.39. The van der Waals surface area contributed by atoms with Crippen LogP contribution in [-0.2, 0) is 0 Å². The van der Waals surface area contributed by atoms with Gasteiger partial charge in [-0.05, 0) is 44.7 Å². The van der Waals surface area contributed by atoms with Gasteiger partial charge in [0.25, 0.3) is 0 Å². The number of hydrogen-bond acceptors (Lipinski definition) is 4. The molecule has 0 unspecified atom stereocenters. The molecular weight excluding hydrogens is 224 g/mol. The summed E-state index contributed by atoms with van der Waals surface area (Å²) in [6.45, 7) is 3.11. The molecule has 1 fully saturated rings. The molecule has 0 aromatic carbocycles. The molecule has 4 nitrogen and oxygen atoms in total. The van der Waals surface area contributed by atoms with Crippen LogP contribution in [0.1, 0.15) is 38.3 Å². The largest absolute Gasteiger partial charge is 0.369 e. The van der Waals surface area contributed by atoms with Crippen LogP contribution in [-0.4, -0.2) is 23.6 Å². The van der Waals surface area contributed by atoms with Gasteiger partial charge in [-0.15, -0.1) is 0 Å². The first-order chi connectivity index (χ1) is 8.74. The first kappa shape index (κ1) is 12.8. The average molecular weight is 244 g/mol. The summed E-state index contributed by atoms with van der Waals surface area (Å²) in [5, 5.41) is 8.91. The lowest BCUT2D eigenvalue weighted by atomic mass is 9.90. The second kappa shape index (κ2) is 5.83. The van der Waals surface area contributed by atoms with Gasteiger partial charge in [0.05, 0.1) is 0 Å². The Morgan fingerprint density at radius 3 is 2.78 bits per heavy atom.